The highest BCUT2D eigenvalue weighted by atomic mass is 16.5. The zero-order chi connectivity index (χ0) is 13.0. The molecule has 1 fully saturated rings. The van der Waals surface area contributed by atoms with E-state index in [2.05, 4.69) is 5.32 Å². The molecule has 0 radical (unpaired) electrons. The lowest BCUT2D eigenvalue weighted by Gasteiger charge is -2.31. The van der Waals surface area contributed by atoms with Crippen LogP contribution in [0.1, 0.15) is 13.8 Å². The minimum atomic E-state index is -0.907. The van der Waals surface area contributed by atoms with Gasteiger partial charge < -0.3 is 20.1 Å². The second-order valence-electron chi connectivity index (χ2n) is 4.18. The van der Waals surface area contributed by atoms with Crippen LogP contribution >= 0.6 is 0 Å². The van der Waals surface area contributed by atoms with Crippen LogP contribution in [0, 0.1) is 5.92 Å². The highest BCUT2D eigenvalue weighted by Gasteiger charge is 2.40. The number of ether oxygens (including phenoxy) is 1. The number of carboxylic acids is 1. The molecule has 1 amide bonds. The highest BCUT2D eigenvalue weighted by Crippen LogP contribution is 2.20. The first-order valence-corrected chi connectivity index (χ1v) is 5.81. The number of hydrogen-bond donors (Lipinski definition) is 2. The van der Waals surface area contributed by atoms with Gasteiger partial charge in [0.05, 0.1) is 25.3 Å². The molecule has 1 saturated heterocycles. The number of likely N-dealkylation sites (N-methyl/N-ethyl adjacent to an activating group) is 2. The predicted octanol–water partition coefficient (Wildman–Crippen LogP) is -0.458. The van der Waals surface area contributed by atoms with Crippen LogP contribution < -0.4 is 5.32 Å². The van der Waals surface area contributed by atoms with Crippen molar-refractivity contribution in [2.75, 3.05) is 26.8 Å². The van der Waals surface area contributed by atoms with Crippen molar-refractivity contribution >= 4 is 11.9 Å². The van der Waals surface area contributed by atoms with Crippen molar-refractivity contribution in [3.63, 3.8) is 0 Å². The number of nitrogens with one attached hydrogen (secondary N) is 1. The number of carbonyl (C=O) groups excluding carboxylic acids is 1. The van der Waals surface area contributed by atoms with Gasteiger partial charge in [0.15, 0.2) is 0 Å². The Morgan fingerprint density at radius 3 is 2.65 bits per heavy atom. The molecule has 2 N–H and O–H groups in total. The number of rotatable bonds is 5. The molecule has 0 aromatic rings. The van der Waals surface area contributed by atoms with Crippen molar-refractivity contribution in [3.05, 3.63) is 0 Å². The van der Waals surface area contributed by atoms with Gasteiger partial charge in [-0.3, -0.25) is 9.59 Å². The lowest BCUT2D eigenvalue weighted by Crippen LogP contribution is -2.52. The molecule has 1 heterocycles. The molecule has 1 aliphatic rings. The SMILES string of the molecule is CCN(C(=O)C(C)NC)C1COCC1C(=O)O. The topological polar surface area (TPSA) is 78.9 Å². The van der Waals surface area contributed by atoms with Gasteiger partial charge in [0, 0.05) is 6.54 Å². The Hall–Kier alpha value is -1.14. The van der Waals surface area contributed by atoms with E-state index in [9.17, 15) is 9.59 Å². The summed E-state index contributed by atoms with van der Waals surface area (Å²) in [5, 5.41) is 11.9. The highest BCUT2D eigenvalue weighted by molar-refractivity contribution is 5.83. The van der Waals surface area contributed by atoms with Gasteiger partial charge in [-0.25, -0.2) is 0 Å². The van der Waals surface area contributed by atoms with Crippen LogP contribution in [-0.2, 0) is 14.3 Å². The van der Waals surface area contributed by atoms with E-state index in [1.165, 1.54) is 0 Å². The van der Waals surface area contributed by atoms with E-state index in [1.807, 2.05) is 6.92 Å². The molecule has 3 atom stereocenters. The molecule has 98 valence electrons. The summed E-state index contributed by atoms with van der Waals surface area (Å²) in [5.41, 5.74) is 0. The van der Waals surface area contributed by atoms with E-state index in [4.69, 9.17) is 9.84 Å². The lowest BCUT2D eigenvalue weighted by molar-refractivity contribution is -0.145. The second kappa shape index (κ2) is 5.97. The third-order valence-corrected chi connectivity index (χ3v) is 3.20. The van der Waals surface area contributed by atoms with E-state index in [1.54, 1.807) is 18.9 Å². The third-order valence-electron chi connectivity index (χ3n) is 3.20. The molecule has 1 aliphatic heterocycles. The molecule has 1 rings (SSSR count). The fraction of sp³-hybridized carbons (Fsp3) is 0.818. The van der Waals surface area contributed by atoms with Crippen molar-refractivity contribution in [1.29, 1.82) is 0 Å². The number of nitrogens with zero attached hydrogens (tertiary/aromatic N) is 1. The standard InChI is InChI=1S/C11H20N2O4/c1-4-13(10(14)7(2)12-3)9-6-17-5-8(9)11(15)16/h7-9,12H,4-6H2,1-3H3,(H,15,16). The second-order valence-corrected chi connectivity index (χ2v) is 4.18. The molecule has 0 spiro atoms. The molecule has 6 heteroatoms. The first-order chi connectivity index (χ1) is 8.02. The average Bonchev–Trinajstić information content (AvgIpc) is 2.78. The van der Waals surface area contributed by atoms with Crippen LogP contribution in [0.2, 0.25) is 0 Å². The molecule has 0 aromatic carbocycles. The average molecular weight is 244 g/mol. The molecular weight excluding hydrogens is 224 g/mol. The van der Waals surface area contributed by atoms with E-state index < -0.39 is 11.9 Å². The Kier molecular flexibility index (Phi) is 4.89. The smallest absolute Gasteiger partial charge is 0.311 e. The summed E-state index contributed by atoms with van der Waals surface area (Å²) in [6.07, 6.45) is 0. The van der Waals surface area contributed by atoms with Crippen molar-refractivity contribution in [1.82, 2.24) is 10.2 Å². The minimum Gasteiger partial charge on any atom is -0.481 e. The number of carboxylic acid groups (broad SMARTS) is 1. The minimum absolute atomic E-state index is 0.0863. The van der Waals surface area contributed by atoms with Gasteiger partial charge in [-0.1, -0.05) is 0 Å². The Balaban J connectivity index is 2.79. The summed E-state index contributed by atoms with van der Waals surface area (Å²) in [6.45, 7) is 4.57. The summed E-state index contributed by atoms with van der Waals surface area (Å²) in [4.78, 5) is 24.7. The summed E-state index contributed by atoms with van der Waals surface area (Å²) < 4.78 is 5.18. The largest absolute Gasteiger partial charge is 0.481 e. The number of carbonyl (C=O) groups is 2. The predicted molar refractivity (Wildman–Crippen MR) is 61.6 cm³/mol. The molecule has 0 saturated carbocycles. The van der Waals surface area contributed by atoms with Gasteiger partial charge >= 0.3 is 5.97 Å². The molecule has 3 unspecified atom stereocenters. The lowest BCUT2D eigenvalue weighted by atomic mass is 10.0. The van der Waals surface area contributed by atoms with Crippen LogP contribution in [0.25, 0.3) is 0 Å². The Morgan fingerprint density at radius 1 is 1.53 bits per heavy atom. The van der Waals surface area contributed by atoms with Gasteiger partial charge in [0.1, 0.15) is 5.92 Å². The molecule has 0 aromatic heterocycles. The van der Waals surface area contributed by atoms with Crippen molar-refractivity contribution in [3.8, 4) is 0 Å². The summed E-state index contributed by atoms with van der Waals surface area (Å²) in [7, 11) is 1.70. The molecular formula is C11H20N2O4. The summed E-state index contributed by atoms with van der Waals surface area (Å²) in [6, 6.07) is -0.675. The monoisotopic (exact) mass is 244 g/mol. The van der Waals surface area contributed by atoms with Crippen LogP contribution in [-0.4, -0.2) is 60.8 Å². The Bertz CT molecular complexity index is 295. The van der Waals surface area contributed by atoms with E-state index in [0.717, 1.165) is 0 Å². The van der Waals surface area contributed by atoms with Crippen molar-refractivity contribution < 1.29 is 19.4 Å². The zero-order valence-electron chi connectivity index (χ0n) is 10.5. The van der Waals surface area contributed by atoms with Crippen LogP contribution in [0.4, 0.5) is 0 Å². The summed E-state index contributed by atoms with van der Waals surface area (Å²) >= 11 is 0. The Morgan fingerprint density at radius 2 is 2.18 bits per heavy atom. The number of aliphatic carboxylic acids is 1. The molecule has 17 heavy (non-hydrogen) atoms. The summed E-state index contributed by atoms with van der Waals surface area (Å²) in [5.74, 6) is -1.62. The Labute approximate surface area is 101 Å². The molecule has 6 nitrogen and oxygen atoms in total. The van der Waals surface area contributed by atoms with Crippen LogP contribution in [0.3, 0.4) is 0 Å². The third kappa shape index (κ3) is 2.95. The van der Waals surface area contributed by atoms with Crippen LogP contribution in [0.5, 0.6) is 0 Å². The first kappa shape index (κ1) is 13.9. The van der Waals surface area contributed by atoms with Gasteiger partial charge in [-0.15, -0.1) is 0 Å². The van der Waals surface area contributed by atoms with Crippen LogP contribution in [0.15, 0.2) is 0 Å². The normalized spacial score (nSPS) is 25.6. The number of amides is 1. The first-order valence-electron chi connectivity index (χ1n) is 5.81. The van der Waals surface area contributed by atoms with Crippen molar-refractivity contribution in [2.45, 2.75) is 25.9 Å². The van der Waals surface area contributed by atoms with Gasteiger partial charge in [0.25, 0.3) is 0 Å². The number of hydrogen-bond acceptors (Lipinski definition) is 4. The molecule has 0 aliphatic carbocycles. The van der Waals surface area contributed by atoms with Gasteiger partial charge in [-0.2, -0.15) is 0 Å². The fourth-order valence-corrected chi connectivity index (χ4v) is 2.01. The zero-order valence-corrected chi connectivity index (χ0v) is 10.5. The van der Waals surface area contributed by atoms with Gasteiger partial charge in [-0.05, 0) is 20.9 Å². The van der Waals surface area contributed by atoms with Gasteiger partial charge in [0.2, 0.25) is 5.91 Å². The van der Waals surface area contributed by atoms with Crippen molar-refractivity contribution in [2.24, 2.45) is 5.92 Å². The fourth-order valence-electron chi connectivity index (χ4n) is 2.01. The van der Waals surface area contributed by atoms with E-state index in [-0.39, 0.29) is 24.6 Å². The quantitative estimate of drug-likeness (QED) is 0.684. The van der Waals surface area contributed by atoms with E-state index in [0.29, 0.717) is 13.2 Å². The maximum Gasteiger partial charge on any atom is 0.311 e. The van der Waals surface area contributed by atoms with E-state index >= 15 is 0 Å². The maximum absolute atomic E-state index is 12.1. The molecule has 0 bridgehead atoms. The maximum atomic E-state index is 12.1.